The van der Waals surface area contributed by atoms with Crippen LogP contribution in [0, 0.1) is 0 Å². The number of benzene rings is 2. The van der Waals surface area contributed by atoms with Gasteiger partial charge in [-0.15, -0.1) is 0 Å². The van der Waals surface area contributed by atoms with Gasteiger partial charge < -0.3 is 10.1 Å². The molecule has 0 aromatic heterocycles. The third-order valence-electron chi connectivity index (χ3n) is 3.84. The van der Waals surface area contributed by atoms with Crippen molar-refractivity contribution in [2.45, 2.75) is 13.8 Å². The Hall–Kier alpha value is -3.21. The van der Waals surface area contributed by atoms with Gasteiger partial charge >= 0.3 is 0 Å². The molecule has 4 N–H and O–H groups in total. The SMILES string of the molecule is C/C=C\C(Oc1ccc(/C=C(\NC(=O)c2ccccc2)C(=O)NS(N)(=O)=O)cc1)=C(/C)Br. The van der Waals surface area contributed by atoms with Gasteiger partial charge in [0.2, 0.25) is 0 Å². The molecule has 0 saturated heterocycles. The van der Waals surface area contributed by atoms with Crippen LogP contribution in [0.15, 0.2) is 82.7 Å². The van der Waals surface area contributed by atoms with Crippen LogP contribution in [-0.2, 0) is 15.0 Å². The molecule has 0 heterocycles. The normalized spacial score (nSPS) is 12.8. The van der Waals surface area contributed by atoms with Crippen LogP contribution in [0.4, 0.5) is 0 Å². The van der Waals surface area contributed by atoms with Crippen molar-refractivity contribution in [2.24, 2.45) is 5.14 Å². The molecule has 0 saturated carbocycles. The van der Waals surface area contributed by atoms with Gasteiger partial charge in [0.1, 0.15) is 17.2 Å². The first kappa shape index (κ1) is 25.1. The number of hydrogen-bond donors (Lipinski definition) is 3. The third-order valence-corrected chi connectivity index (χ3v) is 4.70. The van der Waals surface area contributed by atoms with Crippen molar-refractivity contribution >= 4 is 44.0 Å². The first-order valence-electron chi connectivity index (χ1n) is 9.29. The summed E-state index contributed by atoms with van der Waals surface area (Å²) in [4.78, 5) is 24.9. The Kier molecular flexibility index (Phi) is 8.94. The fourth-order valence-electron chi connectivity index (χ4n) is 2.42. The molecule has 10 heteroatoms. The van der Waals surface area contributed by atoms with Crippen LogP contribution in [0.3, 0.4) is 0 Å². The standard InChI is InChI=1S/C22H22BrN3O5S/c1-3-7-20(15(2)23)31-18-12-10-16(11-13-18)14-19(22(28)26-32(24,29)30)25-21(27)17-8-5-4-6-9-17/h3-14H,1-2H3,(H,25,27)(H,26,28)(H2,24,29,30)/b7-3-,19-14-,20-15-. The molecular weight excluding hydrogens is 498 g/mol. The quantitative estimate of drug-likeness (QED) is 0.280. The molecule has 168 valence electrons. The average Bonchev–Trinajstić information content (AvgIpc) is 2.73. The first-order chi connectivity index (χ1) is 15.1. The maximum atomic E-state index is 12.5. The second-order valence-corrected chi connectivity index (χ2v) is 8.91. The zero-order chi connectivity index (χ0) is 23.7. The highest BCUT2D eigenvalue weighted by Gasteiger charge is 2.18. The summed E-state index contributed by atoms with van der Waals surface area (Å²) in [5.74, 6) is -0.502. The zero-order valence-corrected chi connectivity index (χ0v) is 19.7. The highest BCUT2D eigenvalue weighted by molar-refractivity contribution is 9.11. The van der Waals surface area contributed by atoms with E-state index in [1.807, 2.05) is 19.9 Å². The van der Waals surface area contributed by atoms with Crippen molar-refractivity contribution in [3.8, 4) is 5.75 Å². The Balaban J connectivity index is 2.32. The molecule has 0 atom stereocenters. The van der Waals surface area contributed by atoms with Gasteiger partial charge in [-0.1, -0.05) is 52.3 Å². The van der Waals surface area contributed by atoms with Crippen molar-refractivity contribution in [3.05, 3.63) is 93.8 Å². The van der Waals surface area contributed by atoms with Gasteiger partial charge in [0.25, 0.3) is 22.0 Å². The van der Waals surface area contributed by atoms with Crippen molar-refractivity contribution < 1.29 is 22.7 Å². The molecule has 0 unspecified atom stereocenters. The summed E-state index contributed by atoms with van der Waals surface area (Å²) in [5, 5.41) is 7.31. The van der Waals surface area contributed by atoms with Gasteiger partial charge in [0.15, 0.2) is 0 Å². The topological polar surface area (TPSA) is 128 Å². The van der Waals surface area contributed by atoms with Gasteiger partial charge in [-0.25, -0.2) is 9.86 Å². The highest BCUT2D eigenvalue weighted by Crippen LogP contribution is 2.21. The fraction of sp³-hybridized carbons (Fsp3) is 0.0909. The van der Waals surface area contributed by atoms with Crippen LogP contribution < -0.4 is 19.9 Å². The van der Waals surface area contributed by atoms with Crippen molar-refractivity contribution in [2.75, 3.05) is 0 Å². The van der Waals surface area contributed by atoms with Gasteiger partial charge in [-0.3, -0.25) is 9.59 Å². The minimum atomic E-state index is -4.32. The van der Waals surface area contributed by atoms with Crippen LogP contribution >= 0.6 is 15.9 Å². The monoisotopic (exact) mass is 519 g/mol. The van der Waals surface area contributed by atoms with Crippen LogP contribution in [0.2, 0.25) is 0 Å². The van der Waals surface area contributed by atoms with Crippen LogP contribution in [0.25, 0.3) is 6.08 Å². The molecule has 0 aliphatic heterocycles. The molecule has 2 aromatic carbocycles. The zero-order valence-electron chi connectivity index (χ0n) is 17.3. The maximum absolute atomic E-state index is 12.5. The fourth-order valence-corrected chi connectivity index (χ4v) is 3.00. The Labute approximate surface area is 195 Å². The molecule has 0 radical (unpaired) electrons. The minimum Gasteiger partial charge on any atom is -0.457 e. The lowest BCUT2D eigenvalue weighted by molar-refractivity contribution is -0.116. The molecule has 2 amide bonds. The number of allylic oxidation sites excluding steroid dienone is 3. The maximum Gasteiger partial charge on any atom is 0.299 e. The highest BCUT2D eigenvalue weighted by atomic mass is 79.9. The van der Waals surface area contributed by atoms with E-state index in [1.165, 1.54) is 6.08 Å². The number of ether oxygens (including phenoxy) is 1. The van der Waals surface area contributed by atoms with Crippen molar-refractivity contribution in [1.29, 1.82) is 0 Å². The number of amides is 2. The molecule has 2 rings (SSSR count). The molecule has 0 aliphatic rings. The number of nitrogens with one attached hydrogen (secondary N) is 2. The largest absolute Gasteiger partial charge is 0.457 e. The number of halogens is 1. The molecular formula is C22H22BrN3O5S. The lowest BCUT2D eigenvalue weighted by Crippen LogP contribution is -2.41. The van der Waals surface area contributed by atoms with E-state index in [2.05, 4.69) is 21.2 Å². The van der Waals surface area contributed by atoms with Crippen molar-refractivity contribution in [3.63, 3.8) is 0 Å². The van der Waals surface area contributed by atoms with Crippen LogP contribution in [0.1, 0.15) is 29.8 Å². The van der Waals surface area contributed by atoms with Gasteiger partial charge in [-0.05, 0) is 55.8 Å². The number of rotatable bonds is 8. The number of nitrogens with two attached hydrogens (primary N) is 1. The molecule has 0 spiro atoms. The van der Waals surface area contributed by atoms with E-state index in [-0.39, 0.29) is 5.70 Å². The van der Waals surface area contributed by atoms with E-state index in [4.69, 9.17) is 9.88 Å². The first-order valence-corrected chi connectivity index (χ1v) is 11.6. The van der Waals surface area contributed by atoms with Gasteiger partial charge in [0.05, 0.1) is 0 Å². The summed E-state index contributed by atoms with van der Waals surface area (Å²) in [6.07, 6.45) is 4.96. The molecule has 8 nitrogen and oxygen atoms in total. The predicted molar refractivity (Wildman–Crippen MR) is 127 cm³/mol. The average molecular weight is 520 g/mol. The summed E-state index contributed by atoms with van der Waals surface area (Å²) in [6, 6.07) is 14.8. The molecule has 0 fully saturated rings. The second-order valence-electron chi connectivity index (χ2n) is 6.42. The van der Waals surface area contributed by atoms with E-state index in [1.54, 1.807) is 65.4 Å². The Morgan fingerprint density at radius 2 is 1.69 bits per heavy atom. The van der Waals surface area contributed by atoms with Gasteiger partial charge in [-0.2, -0.15) is 8.42 Å². The lowest BCUT2D eigenvalue weighted by atomic mass is 10.1. The van der Waals surface area contributed by atoms with Crippen LogP contribution in [-0.4, -0.2) is 20.2 Å². The number of carbonyl (C=O) groups excluding carboxylic acids is 2. The van der Waals surface area contributed by atoms with E-state index < -0.39 is 22.0 Å². The molecule has 32 heavy (non-hydrogen) atoms. The summed E-state index contributed by atoms with van der Waals surface area (Å²) >= 11 is 3.38. The van der Waals surface area contributed by atoms with Crippen LogP contribution in [0.5, 0.6) is 5.75 Å². The summed E-state index contributed by atoms with van der Waals surface area (Å²) in [7, 11) is -4.32. The second kappa shape index (κ2) is 11.4. The lowest BCUT2D eigenvalue weighted by Gasteiger charge is -2.11. The number of hydrogen-bond acceptors (Lipinski definition) is 5. The summed E-state index contributed by atoms with van der Waals surface area (Å²) < 4.78 is 30.8. The molecule has 0 bridgehead atoms. The molecule has 2 aromatic rings. The Morgan fingerprint density at radius 3 is 2.22 bits per heavy atom. The molecule has 0 aliphatic carbocycles. The third kappa shape index (κ3) is 8.14. The van der Waals surface area contributed by atoms with Crippen molar-refractivity contribution in [1.82, 2.24) is 10.0 Å². The summed E-state index contributed by atoms with van der Waals surface area (Å²) in [6.45, 7) is 3.71. The Morgan fingerprint density at radius 1 is 1.06 bits per heavy atom. The van der Waals surface area contributed by atoms with E-state index >= 15 is 0 Å². The Bertz CT molecular complexity index is 1170. The predicted octanol–water partition coefficient (Wildman–Crippen LogP) is 3.36. The van der Waals surface area contributed by atoms with E-state index in [9.17, 15) is 18.0 Å². The van der Waals surface area contributed by atoms with E-state index in [0.717, 1.165) is 4.48 Å². The van der Waals surface area contributed by atoms with E-state index in [0.29, 0.717) is 22.6 Å². The summed E-state index contributed by atoms with van der Waals surface area (Å²) in [5.41, 5.74) is 0.503. The van der Waals surface area contributed by atoms with Gasteiger partial charge in [0, 0.05) is 10.0 Å². The smallest absolute Gasteiger partial charge is 0.299 e. The minimum absolute atomic E-state index is 0.291. The number of carbonyl (C=O) groups is 2.